The fourth-order valence-electron chi connectivity index (χ4n) is 5.38. The number of benzene rings is 1. The third kappa shape index (κ3) is 19.0. The van der Waals surface area contributed by atoms with Crippen molar-refractivity contribution in [2.24, 2.45) is 35.5 Å². The van der Waals surface area contributed by atoms with E-state index in [0.29, 0.717) is 11.8 Å². The molecule has 0 amide bonds. The minimum atomic E-state index is 0.713. The van der Waals surface area contributed by atoms with E-state index in [0.717, 1.165) is 61.2 Å². The van der Waals surface area contributed by atoms with Gasteiger partial charge in [0, 0.05) is 0 Å². The van der Waals surface area contributed by atoms with Crippen molar-refractivity contribution in [1.82, 2.24) is 0 Å². The lowest BCUT2D eigenvalue weighted by molar-refractivity contribution is 0.237. The molecule has 1 aromatic carbocycles. The second-order valence-corrected chi connectivity index (χ2v) is 13.7. The molecule has 38 heavy (non-hydrogen) atoms. The van der Waals surface area contributed by atoms with Crippen LogP contribution in [-0.2, 0) is 0 Å². The highest BCUT2D eigenvalue weighted by Crippen LogP contribution is 2.28. The molecule has 1 aromatic rings. The predicted octanol–water partition coefficient (Wildman–Crippen LogP) is 11.8. The van der Waals surface area contributed by atoms with Crippen LogP contribution in [0.15, 0.2) is 24.3 Å². The molecule has 4 unspecified atom stereocenters. The van der Waals surface area contributed by atoms with Crippen LogP contribution < -0.4 is 9.47 Å². The highest BCUT2D eigenvalue weighted by atomic mass is 16.5. The molecule has 0 aliphatic rings. The Morgan fingerprint density at radius 2 is 0.711 bits per heavy atom. The summed E-state index contributed by atoms with van der Waals surface area (Å²) in [5.74, 6) is 6.65. The molecule has 0 aliphatic carbocycles. The van der Waals surface area contributed by atoms with Crippen LogP contribution >= 0.6 is 0 Å². The summed E-state index contributed by atoms with van der Waals surface area (Å²) < 4.78 is 12.4. The predicted molar refractivity (Wildman–Crippen MR) is 168 cm³/mol. The summed E-state index contributed by atoms with van der Waals surface area (Å²) in [6.07, 6.45) is 18.6. The molecule has 0 saturated heterocycles. The van der Waals surface area contributed by atoms with Gasteiger partial charge in [0.1, 0.15) is 0 Å². The Labute approximate surface area is 239 Å². The molecule has 0 radical (unpaired) electrons. The van der Waals surface area contributed by atoms with E-state index in [1.807, 2.05) is 0 Å². The molecule has 0 bridgehead atoms. The number of para-hydroxylation sites is 2. The number of ether oxygens (including phenoxy) is 2. The van der Waals surface area contributed by atoms with Crippen molar-refractivity contribution in [2.75, 3.05) is 13.2 Å². The van der Waals surface area contributed by atoms with Crippen LogP contribution in [0.3, 0.4) is 0 Å². The first kappa shape index (κ1) is 34.8. The maximum Gasteiger partial charge on any atom is 0.161 e. The largest absolute Gasteiger partial charge is 0.490 e. The molecule has 222 valence electrons. The van der Waals surface area contributed by atoms with Gasteiger partial charge in [0.05, 0.1) is 13.2 Å². The average molecular weight is 531 g/mol. The van der Waals surface area contributed by atoms with Gasteiger partial charge < -0.3 is 9.47 Å². The lowest BCUT2D eigenvalue weighted by atomic mass is 9.93. The Kier molecular flexibility index (Phi) is 19.8. The van der Waals surface area contributed by atoms with E-state index in [-0.39, 0.29) is 0 Å². The molecule has 2 heteroatoms. The fourth-order valence-corrected chi connectivity index (χ4v) is 5.38. The Balaban J connectivity index is 2.20. The molecule has 1 rings (SSSR count). The summed E-state index contributed by atoms with van der Waals surface area (Å²) in [5, 5.41) is 0. The minimum absolute atomic E-state index is 0.713. The van der Waals surface area contributed by atoms with Crippen LogP contribution in [0.5, 0.6) is 11.5 Å². The average Bonchev–Trinajstić information content (AvgIpc) is 2.84. The monoisotopic (exact) mass is 531 g/mol. The zero-order valence-corrected chi connectivity index (χ0v) is 26.9. The third-order valence-electron chi connectivity index (χ3n) is 8.33. The van der Waals surface area contributed by atoms with E-state index in [4.69, 9.17) is 9.47 Å². The molecular formula is C36H66O2. The molecule has 0 N–H and O–H groups in total. The minimum Gasteiger partial charge on any atom is -0.490 e. The van der Waals surface area contributed by atoms with Gasteiger partial charge in [-0.2, -0.15) is 0 Å². The summed E-state index contributed by atoms with van der Waals surface area (Å²) in [7, 11) is 0. The SMILES string of the molecule is CC(C)CCCC(C)CCCC(C)CCOc1ccccc1OCCC(C)CCCC(C)CCCC(C)C. The topological polar surface area (TPSA) is 18.5 Å². The van der Waals surface area contributed by atoms with E-state index in [1.54, 1.807) is 0 Å². The van der Waals surface area contributed by atoms with E-state index < -0.39 is 0 Å². The van der Waals surface area contributed by atoms with Crippen LogP contribution in [-0.4, -0.2) is 13.2 Å². The lowest BCUT2D eigenvalue weighted by Crippen LogP contribution is -2.08. The lowest BCUT2D eigenvalue weighted by Gasteiger charge is -2.17. The first-order chi connectivity index (χ1) is 18.2. The van der Waals surface area contributed by atoms with Crippen molar-refractivity contribution in [1.29, 1.82) is 0 Å². The molecular weight excluding hydrogens is 464 g/mol. The summed E-state index contributed by atoms with van der Waals surface area (Å²) in [6, 6.07) is 8.22. The second kappa shape index (κ2) is 21.6. The standard InChI is InChI=1S/C36H66O2/c1-29(2)15-11-17-31(5)19-13-21-33(7)25-27-37-35-23-9-10-24-36(35)38-28-26-34(8)22-14-20-32(6)18-12-16-30(3)4/h9-10,23-24,29-34H,11-22,25-28H2,1-8H3. The number of hydrogen-bond donors (Lipinski definition) is 0. The maximum atomic E-state index is 6.18. The molecule has 0 fully saturated rings. The van der Waals surface area contributed by atoms with E-state index in [9.17, 15) is 0 Å². The highest BCUT2D eigenvalue weighted by molar-refractivity contribution is 5.39. The summed E-state index contributed by atoms with van der Waals surface area (Å²) in [4.78, 5) is 0. The molecule has 0 aromatic heterocycles. The first-order valence-electron chi connectivity index (χ1n) is 16.5. The van der Waals surface area contributed by atoms with Gasteiger partial charge in [0.2, 0.25) is 0 Å². The Morgan fingerprint density at radius 1 is 0.421 bits per heavy atom. The Bertz CT molecular complexity index is 610. The Morgan fingerprint density at radius 3 is 1.03 bits per heavy atom. The summed E-state index contributed by atoms with van der Waals surface area (Å²) in [6.45, 7) is 20.5. The van der Waals surface area contributed by atoms with E-state index in [2.05, 4.69) is 79.7 Å². The molecule has 0 saturated carbocycles. The summed E-state index contributed by atoms with van der Waals surface area (Å²) >= 11 is 0. The van der Waals surface area contributed by atoms with Crippen LogP contribution in [0.1, 0.15) is 145 Å². The second-order valence-electron chi connectivity index (χ2n) is 13.7. The van der Waals surface area contributed by atoms with Gasteiger partial charge in [0.25, 0.3) is 0 Å². The molecule has 0 spiro atoms. The quantitative estimate of drug-likeness (QED) is 0.132. The number of hydrogen-bond acceptors (Lipinski definition) is 2. The zero-order valence-electron chi connectivity index (χ0n) is 26.9. The zero-order chi connectivity index (χ0) is 28.2. The van der Waals surface area contributed by atoms with Gasteiger partial charge >= 0.3 is 0 Å². The van der Waals surface area contributed by atoms with Crippen molar-refractivity contribution >= 4 is 0 Å². The molecule has 0 aliphatic heterocycles. The molecule has 2 nitrogen and oxygen atoms in total. The molecule has 0 heterocycles. The van der Waals surface area contributed by atoms with E-state index >= 15 is 0 Å². The van der Waals surface area contributed by atoms with Gasteiger partial charge in [-0.1, -0.05) is 145 Å². The van der Waals surface area contributed by atoms with Crippen LogP contribution in [0.4, 0.5) is 0 Å². The van der Waals surface area contributed by atoms with Crippen LogP contribution in [0.25, 0.3) is 0 Å². The van der Waals surface area contributed by atoms with E-state index in [1.165, 1.54) is 77.0 Å². The van der Waals surface area contributed by atoms with Gasteiger partial charge in [-0.05, 0) is 60.5 Å². The maximum absolute atomic E-state index is 6.18. The number of rotatable bonds is 24. The Hall–Kier alpha value is -1.18. The van der Waals surface area contributed by atoms with Gasteiger partial charge in [-0.15, -0.1) is 0 Å². The fraction of sp³-hybridized carbons (Fsp3) is 0.833. The van der Waals surface area contributed by atoms with Crippen LogP contribution in [0, 0.1) is 35.5 Å². The normalized spacial score (nSPS) is 15.0. The smallest absolute Gasteiger partial charge is 0.161 e. The summed E-state index contributed by atoms with van der Waals surface area (Å²) in [5.41, 5.74) is 0. The van der Waals surface area contributed by atoms with Gasteiger partial charge in [-0.3, -0.25) is 0 Å². The van der Waals surface area contributed by atoms with Crippen molar-refractivity contribution in [3.05, 3.63) is 24.3 Å². The van der Waals surface area contributed by atoms with Crippen LogP contribution in [0.2, 0.25) is 0 Å². The third-order valence-corrected chi connectivity index (χ3v) is 8.33. The highest BCUT2D eigenvalue weighted by Gasteiger charge is 2.10. The van der Waals surface area contributed by atoms with Crippen molar-refractivity contribution in [2.45, 2.75) is 145 Å². The van der Waals surface area contributed by atoms with Gasteiger partial charge in [0.15, 0.2) is 11.5 Å². The van der Waals surface area contributed by atoms with Crippen molar-refractivity contribution in [3.63, 3.8) is 0 Å². The van der Waals surface area contributed by atoms with Crippen molar-refractivity contribution < 1.29 is 9.47 Å². The van der Waals surface area contributed by atoms with Crippen molar-refractivity contribution in [3.8, 4) is 11.5 Å². The van der Waals surface area contributed by atoms with Gasteiger partial charge in [-0.25, -0.2) is 0 Å². The first-order valence-corrected chi connectivity index (χ1v) is 16.5. The molecule has 4 atom stereocenters.